The molecule has 0 spiro atoms. The van der Waals surface area contributed by atoms with Crippen LogP contribution in [-0.4, -0.2) is 19.7 Å². The van der Waals surface area contributed by atoms with Crippen molar-refractivity contribution in [3.63, 3.8) is 0 Å². The Kier molecular flexibility index (Phi) is 3.22. The summed E-state index contributed by atoms with van der Waals surface area (Å²) in [6, 6.07) is 7.65. The Hall–Kier alpha value is -1.50. The Morgan fingerprint density at radius 2 is 2.16 bits per heavy atom. The molecule has 96 valence electrons. The fourth-order valence-electron chi connectivity index (χ4n) is 1.70. The number of aromatic nitrogens is 4. The molecule has 0 amide bonds. The normalized spacial score (nSPS) is 10.8. The lowest BCUT2D eigenvalue weighted by Crippen LogP contribution is -1.89. The van der Waals surface area contributed by atoms with Gasteiger partial charge in [-0.3, -0.25) is 5.10 Å². The molecule has 0 bridgehead atoms. The third-order valence-corrected chi connectivity index (χ3v) is 4.43. The molecular weight excluding hydrogens is 300 g/mol. The quantitative estimate of drug-likeness (QED) is 0.730. The Labute approximate surface area is 123 Å². The smallest absolute Gasteiger partial charge is 0.195 e. The van der Waals surface area contributed by atoms with Gasteiger partial charge in [-0.15, -0.1) is 11.3 Å². The molecule has 1 aromatic carbocycles. The van der Waals surface area contributed by atoms with E-state index in [1.165, 1.54) is 11.3 Å². The summed E-state index contributed by atoms with van der Waals surface area (Å²) in [4.78, 5) is 5.36. The van der Waals surface area contributed by atoms with Crippen molar-refractivity contribution >= 4 is 35.2 Å². The van der Waals surface area contributed by atoms with Crippen molar-refractivity contribution in [1.29, 1.82) is 0 Å². The van der Waals surface area contributed by atoms with E-state index in [0.29, 0.717) is 9.79 Å². The summed E-state index contributed by atoms with van der Waals surface area (Å²) < 4.78 is 2.40. The van der Waals surface area contributed by atoms with Crippen molar-refractivity contribution in [1.82, 2.24) is 19.7 Å². The molecule has 0 aliphatic rings. The van der Waals surface area contributed by atoms with Crippen molar-refractivity contribution in [2.24, 2.45) is 7.05 Å². The molecule has 19 heavy (non-hydrogen) atoms. The van der Waals surface area contributed by atoms with E-state index in [1.807, 2.05) is 35.9 Å². The largest absolute Gasteiger partial charge is 0.303 e. The van der Waals surface area contributed by atoms with Crippen LogP contribution in [0.15, 0.2) is 30.5 Å². The second kappa shape index (κ2) is 4.88. The Morgan fingerprint density at radius 3 is 2.84 bits per heavy atom. The van der Waals surface area contributed by atoms with Gasteiger partial charge in [-0.2, -0.15) is 5.10 Å². The maximum atomic E-state index is 6.17. The summed E-state index contributed by atoms with van der Waals surface area (Å²) >= 11 is 12.8. The molecule has 0 radical (unpaired) electrons. The van der Waals surface area contributed by atoms with Crippen LogP contribution in [0.2, 0.25) is 5.02 Å². The lowest BCUT2D eigenvalue weighted by Gasteiger charge is -1.98. The van der Waals surface area contributed by atoms with Gasteiger partial charge in [0, 0.05) is 18.8 Å². The molecule has 0 aliphatic heterocycles. The Bertz CT molecular complexity index is 787. The molecule has 2 heterocycles. The van der Waals surface area contributed by atoms with Gasteiger partial charge in [0.25, 0.3) is 0 Å². The molecule has 0 saturated carbocycles. The third-order valence-electron chi connectivity index (χ3n) is 2.71. The van der Waals surface area contributed by atoms with Crippen LogP contribution in [0.1, 0.15) is 0 Å². The van der Waals surface area contributed by atoms with Crippen LogP contribution in [-0.2, 0) is 7.05 Å². The van der Waals surface area contributed by atoms with Crippen molar-refractivity contribution in [3.05, 3.63) is 40.3 Å². The molecule has 0 unspecified atom stereocenters. The van der Waals surface area contributed by atoms with Gasteiger partial charge in [0.15, 0.2) is 10.6 Å². The zero-order valence-corrected chi connectivity index (χ0v) is 12.3. The minimum Gasteiger partial charge on any atom is -0.303 e. The first-order valence-corrected chi connectivity index (χ1v) is 7.09. The summed E-state index contributed by atoms with van der Waals surface area (Å²) in [5.74, 6) is 0.779. The highest BCUT2D eigenvalue weighted by atomic mass is 35.5. The molecular formula is C12H9ClN4S2. The second-order valence-corrected chi connectivity index (χ2v) is 5.75. The SMILES string of the molecule is Cn1c(-c2cnc(-c3ccccc3Cl)s2)n[nH]c1=S. The van der Waals surface area contributed by atoms with Crippen LogP contribution in [0.25, 0.3) is 21.3 Å². The monoisotopic (exact) mass is 308 g/mol. The fourth-order valence-corrected chi connectivity index (χ4v) is 3.10. The van der Waals surface area contributed by atoms with Crippen molar-refractivity contribution in [3.8, 4) is 21.3 Å². The van der Waals surface area contributed by atoms with Gasteiger partial charge in [-0.25, -0.2) is 4.98 Å². The van der Waals surface area contributed by atoms with Gasteiger partial charge in [0.2, 0.25) is 0 Å². The van der Waals surface area contributed by atoms with E-state index >= 15 is 0 Å². The van der Waals surface area contributed by atoms with Crippen LogP contribution in [0, 0.1) is 4.77 Å². The van der Waals surface area contributed by atoms with Gasteiger partial charge in [-0.05, 0) is 18.3 Å². The highest BCUT2D eigenvalue weighted by molar-refractivity contribution is 7.71. The van der Waals surface area contributed by atoms with Gasteiger partial charge >= 0.3 is 0 Å². The number of hydrogen-bond donors (Lipinski definition) is 1. The molecule has 4 nitrogen and oxygen atoms in total. The number of nitrogens with zero attached hydrogens (tertiary/aromatic N) is 3. The first-order chi connectivity index (χ1) is 9.16. The number of benzene rings is 1. The molecule has 0 saturated heterocycles. The highest BCUT2D eigenvalue weighted by Crippen LogP contribution is 2.34. The average molecular weight is 309 g/mol. The molecule has 3 aromatic rings. The lowest BCUT2D eigenvalue weighted by molar-refractivity contribution is 0.903. The highest BCUT2D eigenvalue weighted by Gasteiger charge is 2.12. The van der Waals surface area contributed by atoms with Gasteiger partial charge in [0.05, 0.1) is 9.90 Å². The van der Waals surface area contributed by atoms with Crippen LogP contribution >= 0.6 is 35.2 Å². The molecule has 0 aliphatic carbocycles. The fraction of sp³-hybridized carbons (Fsp3) is 0.0833. The summed E-state index contributed by atoms with van der Waals surface area (Å²) in [6.07, 6.45) is 1.79. The number of halogens is 1. The average Bonchev–Trinajstić information content (AvgIpc) is 2.99. The van der Waals surface area contributed by atoms with Crippen LogP contribution in [0.4, 0.5) is 0 Å². The summed E-state index contributed by atoms with van der Waals surface area (Å²) in [7, 11) is 1.87. The summed E-state index contributed by atoms with van der Waals surface area (Å²) in [5.41, 5.74) is 0.928. The predicted molar refractivity (Wildman–Crippen MR) is 79.9 cm³/mol. The Balaban J connectivity index is 2.08. The minimum atomic E-state index is 0.586. The molecule has 3 rings (SSSR count). The van der Waals surface area contributed by atoms with Gasteiger partial charge in [-0.1, -0.05) is 29.8 Å². The number of H-pyrrole nitrogens is 1. The van der Waals surface area contributed by atoms with Crippen LogP contribution < -0.4 is 0 Å². The molecule has 2 aromatic heterocycles. The maximum absolute atomic E-state index is 6.17. The van der Waals surface area contributed by atoms with Gasteiger partial charge in [0.1, 0.15) is 5.01 Å². The second-order valence-electron chi connectivity index (χ2n) is 3.92. The number of thiazole rings is 1. The zero-order valence-electron chi connectivity index (χ0n) is 9.92. The molecule has 1 N–H and O–H groups in total. The van der Waals surface area contributed by atoms with Crippen molar-refractivity contribution in [2.75, 3.05) is 0 Å². The van der Waals surface area contributed by atoms with E-state index < -0.39 is 0 Å². The molecule has 7 heteroatoms. The number of rotatable bonds is 2. The number of hydrogen-bond acceptors (Lipinski definition) is 4. The van der Waals surface area contributed by atoms with E-state index in [1.54, 1.807) is 6.20 Å². The van der Waals surface area contributed by atoms with E-state index in [4.69, 9.17) is 23.8 Å². The van der Waals surface area contributed by atoms with E-state index in [0.717, 1.165) is 21.3 Å². The minimum absolute atomic E-state index is 0.586. The summed E-state index contributed by atoms with van der Waals surface area (Å²) in [6.45, 7) is 0. The summed E-state index contributed by atoms with van der Waals surface area (Å²) in [5, 5.41) is 8.53. The standard InChI is InChI=1S/C12H9ClN4S2/c1-17-10(15-16-12(17)18)9-6-14-11(19-9)7-4-2-3-5-8(7)13/h2-6H,1H3,(H,16,18). The number of nitrogens with one attached hydrogen (secondary N) is 1. The Morgan fingerprint density at radius 1 is 1.37 bits per heavy atom. The van der Waals surface area contributed by atoms with E-state index in [9.17, 15) is 0 Å². The third kappa shape index (κ3) is 2.22. The van der Waals surface area contributed by atoms with E-state index in [2.05, 4.69) is 15.2 Å². The first-order valence-electron chi connectivity index (χ1n) is 5.49. The van der Waals surface area contributed by atoms with Crippen LogP contribution in [0.5, 0.6) is 0 Å². The molecule has 0 fully saturated rings. The predicted octanol–water partition coefficient (Wildman–Crippen LogP) is 3.92. The zero-order chi connectivity index (χ0) is 13.4. The lowest BCUT2D eigenvalue weighted by atomic mass is 10.2. The molecule has 0 atom stereocenters. The van der Waals surface area contributed by atoms with E-state index in [-0.39, 0.29) is 0 Å². The topological polar surface area (TPSA) is 46.5 Å². The maximum Gasteiger partial charge on any atom is 0.195 e. The first kappa shape index (κ1) is 12.5. The van der Waals surface area contributed by atoms with Crippen LogP contribution in [0.3, 0.4) is 0 Å². The van der Waals surface area contributed by atoms with Gasteiger partial charge < -0.3 is 4.57 Å². The van der Waals surface area contributed by atoms with Crippen molar-refractivity contribution < 1.29 is 0 Å². The van der Waals surface area contributed by atoms with Crippen molar-refractivity contribution in [2.45, 2.75) is 0 Å². The number of aromatic amines is 1.